The van der Waals surface area contributed by atoms with Gasteiger partial charge in [0.15, 0.2) is 0 Å². The van der Waals surface area contributed by atoms with Gasteiger partial charge in [-0.2, -0.15) is 0 Å². The molecule has 1 aromatic carbocycles. The van der Waals surface area contributed by atoms with Crippen LogP contribution in [-0.4, -0.2) is 9.55 Å². The monoisotopic (exact) mass is 264 g/mol. The summed E-state index contributed by atoms with van der Waals surface area (Å²) in [6.07, 6.45) is 3.94. The number of halogens is 1. The van der Waals surface area contributed by atoms with E-state index < -0.39 is 0 Å². The van der Waals surface area contributed by atoms with Gasteiger partial charge in [0.25, 0.3) is 0 Å². The summed E-state index contributed by atoms with van der Waals surface area (Å²) in [4.78, 5) is 4.52. The summed E-state index contributed by atoms with van der Waals surface area (Å²) >= 11 is 0. The minimum atomic E-state index is 0. The fraction of sp³-hybridized carbons (Fsp3) is 0.400. The van der Waals surface area contributed by atoms with E-state index in [1.807, 2.05) is 6.20 Å². The summed E-state index contributed by atoms with van der Waals surface area (Å²) in [5.41, 5.74) is 5.19. The maximum atomic E-state index is 4.52. The van der Waals surface area contributed by atoms with Crippen LogP contribution in [0.2, 0.25) is 0 Å². The molecule has 1 heterocycles. The van der Waals surface area contributed by atoms with E-state index in [-0.39, 0.29) is 12.4 Å². The molecule has 2 aromatic rings. The standard InChI is InChI=1S/C15H20N2.ClH/c1-10(2)17-7-6-16-15(17)14-12(4)8-11(3)9-13(14)5;/h6-10H,1-5H3;1H. The topological polar surface area (TPSA) is 17.8 Å². The van der Waals surface area contributed by atoms with E-state index in [0.29, 0.717) is 6.04 Å². The van der Waals surface area contributed by atoms with Gasteiger partial charge in [-0.05, 0) is 45.7 Å². The van der Waals surface area contributed by atoms with E-state index in [9.17, 15) is 0 Å². The average molecular weight is 265 g/mol. The Balaban J connectivity index is 0.00000162. The second kappa shape index (κ2) is 5.57. The van der Waals surface area contributed by atoms with Gasteiger partial charge in [0, 0.05) is 24.0 Å². The number of hydrogen-bond acceptors (Lipinski definition) is 1. The zero-order valence-electron chi connectivity index (χ0n) is 11.7. The highest BCUT2D eigenvalue weighted by atomic mass is 35.5. The molecule has 1 aromatic heterocycles. The summed E-state index contributed by atoms with van der Waals surface area (Å²) in [6, 6.07) is 4.89. The molecule has 0 saturated carbocycles. The van der Waals surface area contributed by atoms with Gasteiger partial charge in [0.2, 0.25) is 0 Å². The predicted octanol–water partition coefficient (Wildman–Crippen LogP) is 4.48. The highest BCUT2D eigenvalue weighted by Gasteiger charge is 2.13. The molecule has 0 N–H and O–H groups in total. The van der Waals surface area contributed by atoms with Gasteiger partial charge in [-0.1, -0.05) is 17.7 Å². The van der Waals surface area contributed by atoms with Crippen molar-refractivity contribution in [3.8, 4) is 11.4 Å². The van der Waals surface area contributed by atoms with Gasteiger partial charge in [-0.25, -0.2) is 4.98 Å². The molecule has 0 spiro atoms. The molecule has 0 radical (unpaired) electrons. The smallest absolute Gasteiger partial charge is 0.140 e. The van der Waals surface area contributed by atoms with E-state index in [0.717, 1.165) is 5.82 Å². The molecule has 0 aliphatic heterocycles. The van der Waals surface area contributed by atoms with Crippen molar-refractivity contribution in [2.24, 2.45) is 0 Å². The number of hydrogen-bond donors (Lipinski definition) is 0. The molecule has 98 valence electrons. The van der Waals surface area contributed by atoms with Crippen molar-refractivity contribution in [1.29, 1.82) is 0 Å². The molecule has 18 heavy (non-hydrogen) atoms. The minimum absolute atomic E-state index is 0. The third-order valence-electron chi connectivity index (χ3n) is 3.13. The largest absolute Gasteiger partial charge is 0.328 e. The molecule has 0 bridgehead atoms. The lowest BCUT2D eigenvalue weighted by Gasteiger charge is -2.15. The molecular formula is C15H21ClN2. The predicted molar refractivity (Wildman–Crippen MR) is 79.5 cm³/mol. The van der Waals surface area contributed by atoms with Gasteiger partial charge < -0.3 is 4.57 Å². The van der Waals surface area contributed by atoms with Gasteiger partial charge in [-0.15, -0.1) is 12.4 Å². The normalized spacial score (nSPS) is 10.6. The molecule has 0 atom stereocenters. The van der Waals surface area contributed by atoms with Crippen LogP contribution in [0.1, 0.15) is 36.6 Å². The van der Waals surface area contributed by atoms with Crippen molar-refractivity contribution in [2.45, 2.75) is 40.7 Å². The first-order valence-electron chi connectivity index (χ1n) is 6.11. The zero-order chi connectivity index (χ0) is 12.6. The second-order valence-electron chi connectivity index (χ2n) is 5.03. The van der Waals surface area contributed by atoms with Crippen LogP contribution in [0.5, 0.6) is 0 Å². The average Bonchev–Trinajstić information content (AvgIpc) is 2.64. The van der Waals surface area contributed by atoms with Crippen molar-refractivity contribution in [3.05, 3.63) is 41.2 Å². The fourth-order valence-electron chi connectivity index (χ4n) is 2.46. The first-order valence-corrected chi connectivity index (χ1v) is 6.11. The number of aryl methyl sites for hydroxylation is 3. The van der Waals surface area contributed by atoms with Gasteiger partial charge in [-0.3, -0.25) is 0 Å². The maximum Gasteiger partial charge on any atom is 0.140 e. The van der Waals surface area contributed by atoms with Crippen LogP contribution < -0.4 is 0 Å². The summed E-state index contributed by atoms with van der Waals surface area (Å²) in [5, 5.41) is 0. The van der Waals surface area contributed by atoms with Crippen molar-refractivity contribution >= 4 is 12.4 Å². The van der Waals surface area contributed by atoms with Crippen molar-refractivity contribution in [3.63, 3.8) is 0 Å². The van der Waals surface area contributed by atoms with Crippen molar-refractivity contribution in [2.75, 3.05) is 0 Å². The summed E-state index contributed by atoms with van der Waals surface area (Å²) in [5.74, 6) is 1.08. The lowest BCUT2D eigenvalue weighted by atomic mass is 9.99. The molecule has 0 amide bonds. The molecule has 0 aliphatic rings. The Morgan fingerprint density at radius 1 is 1.06 bits per heavy atom. The molecule has 0 saturated heterocycles. The maximum absolute atomic E-state index is 4.52. The third kappa shape index (κ3) is 2.59. The SMILES string of the molecule is Cc1cc(C)c(-c2nccn2C(C)C)c(C)c1.Cl. The van der Waals surface area contributed by atoms with E-state index in [1.165, 1.54) is 22.3 Å². The molecule has 2 rings (SSSR count). The van der Waals surface area contributed by atoms with Crippen LogP contribution in [0.3, 0.4) is 0 Å². The number of aromatic nitrogens is 2. The molecule has 0 aliphatic carbocycles. The first kappa shape index (κ1) is 14.8. The van der Waals surface area contributed by atoms with E-state index >= 15 is 0 Å². The van der Waals surface area contributed by atoms with Crippen LogP contribution in [0.25, 0.3) is 11.4 Å². The number of rotatable bonds is 2. The Morgan fingerprint density at radius 3 is 2.11 bits per heavy atom. The first-order chi connectivity index (χ1) is 8.00. The Hall–Kier alpha value is -1.28. The van der Waals surface area contributed by atoms with Crippen LogP contribution in [0.15, 0.2) is 24.5 Å². The Morgan fingerprint density at radius 2 is 1.61 bits per heavy atom. The Kier molecular flexibility index (Phi) is 4.58. The molecule has 0 fully saturated rings. The second-order valence-corrected chi connectivity index (χ2v) is 5.03. The number of nitrogens with zero attached hydrogens (tertiary/aromatic N) is 2. The van der Waals surface area contributed by atoms with E-state index in [2.05, 4.69) is 62.5 Å². The van der Waals surface area contributed by atoms with Crippen LogP contribution in [0, 0.1) is 20.8 Å². The van der Waals surface area contributed by atoms with Gasteiger partial charge >= 0.3 is 0 Å². The minimum Gasteiger partial charge on any atom is -0.328 e. The Labute approximate surface area is 115 Å². The lowest BCUT2D eigenvalue weighted by Crippen LogP contribution is -2.04. The summed E-state index contributed by atoms with van der Waals surface area (Å²) < 4.78 is 2.23. The number of benzene rings is 1. The lowest BCUT2D eigenvalue weighted by molar-refractivity contribution is 0.606. The molecule has 2 nitrogen and oxygen atoms in total. The van der Waals surface area contributed by atoms with Crippen LogP contribution >= 0.6 is 12.4 Å². The summed E-state index contributed by atoms with van der Waals surface area (Å²) in [7, 11) is 0. The van der Waals surface area contributed by atoms with Crippen molar-refractivity contribution < 1.29 is 0 Å². The quantitative estimate of drug-likeness (QED) is 0.782. The Bertz CT molecular complexity index is 518. The van der Waals surface area contributed by atoms with E-state index in [1.54, 1.807) is 0 Å². The van der Waals surface area contributed by atoms with Gasteiger partial charge in [0.1, 0.15) is 5.82 Å². The molecule has 0 unspecified atom stereocenters. The number of imidazole rings is 1. The molecular weight excluding hydrogens is 244 g/mol. The zero-order valence-corrected chi connectivity index (χ0v) is 12.5. The van der Waals surface area contributed by atoms with E-state index in [4.69, 9.17) is 0 Å². The highest BCUT2D eigenvalue weighted by molar-refractivity contribution is 5.85. The van der Waals surface area contributed by atoms with Crippen LogP contribution in [0.4, 0.5) is 0 Å². The summed E-state index contributed by atoms with van der Waals surface area (Å²) in [6.45, 7) is 10.8. The third-order valence-corrected chi connectivity index (χ3v) is 3.13. The fourth-order valence-corrected chi connectivity index (χ4v) is 2.46. The van der Waals surface area contributed by atoms with Gasteiger partial charge in [0.05, 0.1) is 0 Å². The van der Waals surface area contributed by atoms with Crippen LogP contribution in [-0.2, 0) is 0 Å². The molecule has 3 heteroatoms. The van der Waals surface area contributed by atoms with Crippen molar-refractivity contribution in [1.82, 2.24) is 9.55 Å². The highest BCUT2D eigenvalue weighted by Crippen LogP contribution is 2.28.